The van der Waals surface area contributed by atoms with Crippen LogP contribution in [0.25, 0.3) is 0 Å². The number of non-ortho nitro benzene ring substituents is 1. The summed E-state index contributed by atoms with van der Waals surface area (Å²) in [6.07, 6.45) is -2.20. The van der Waals surface area contributed by atoms with Gasteiger partial charge in [0.25, 0.3) is 5.69 Å². The fourth-order valence-electron chi connectivity index (χ4n) is 8.80. The number of aliphatic carboxylic acids is 1. The van der Waals surface area contributed by atoms with Crippen molar-refractivity contribution < 1.29 is 48.6 Å². The third-order valence-electron chi connectivity index (χ3n) is 11.2. The number of phenolic OH excluding ortho intramolecular Hbond substituents is 1. The third kappa shape index (κ3) is 6.92. The number of nitrogens with zero attached hydrogens (tertiary/aromatic N) is 3. The van der Waals surface area contributed by atoms with E-state index in [2.05, 4.69) is 17.2 Å². The number of carboxylic acids is 1. The minimum absolute atomic E-state index is 0.0372. The number of primary amides is 1. The van der Waals surface area contributed by atoms with Gasteiger partial charge in [-0.15, -0.1) is 0 Å². The molecule has 8 rings (SSSR count). The fraction of sp³-hybridized carbons (Fsp3) is 0.178. The molecule has 0 saturated carbocycles. The molecule has 3 aliphatic heterocycles. The Morgan fingerprint density at radius 2 is 1.52 bits per heavy atom. The quantitative estimate of drug-likeness (QED) is 0.0667. The topological polar surface area (TPSA) is 232 Å². The van der Waals surface area contributed by atoms with Crippen LogP contribution >= 0.6 is 0 Å². The summed E-state index contributed by atoms with van der Waals surface area (Å²) < 4.78 is 11.9. The highest BCUT2D eigenvalue weighted by molar-refractivity contribution is 6.23. The molecule has 2 saturated heterocycles. The Kier molecular flexibility index (Phi) is 10.4. The van der Waals surface area contributed by atoms with Crippen molar-refractivity contribution in [2.24, 2.45) is 11.7 Å². The molecule has 0 bridgehead atoms. The number of nitro groups is 1. The zero-order valence-electron chi connectivity index (χ0n) is 31.9. The van der Waals surface area contributed by atoms with Crippen LogP contribution in [-0.2, 0) is 35.9 Å². The molecule has 306 valence electrons. The van der Waals surface area contributed by atoms with Crippen LogP contribution in [0.4, 0.5) is 21.0 Å². The van der Waals surface area contributed by atoms with Crippen molar-refractivity contribution in [1.29, 1.82) is 0 Å². The summed E-state index contributed by atoms with van der Waals surface area (Å²) in [5.41, 5.74) is 4.91. The molecule has 6 atom stereocenters. The lowest BCUT2D eigenvalue weighted by Crippen LogP contribution is -2.53. The van der Waals surface area contributed by atoms with Gasteiger partial charge in [0.15, 0.2) is 0 Å². The number of morpholine rings is 1. The Bertz CT molecular complexity index is 2630. The lowest BCUT2D eigenvalue weighted by Gasteiger charge is -2.46. The van der Waals surface area contributed by atoms with E-state index in [0.717, 1.165) is 4.90 Å². The number of cyclic esters (lactones) is 1. The minimum atomic E-state index is -2.28. The lowest BCUT2D eigenvalue weighted by molar-refractivity contribution is -0.384. The van der Waals surface area contributed by atoms with Gasteiger partial charge in [-0.3, -0.25) is 29.4 Å². The summed E-state index contributed by atoms with van der Waals surface area (Å²) in [5, 5.41) is 35.5. The zero-order chi connectivity index (χ0) is 43.0. The number of imide groups is 1. The maximum absolute atomic E-state index is 15.8. The molecule has 4 amide bonds. The number of carbonyl (C=O) groups is 5. The number of anilines is 1. The first-order valence-corrected chi connectivity index (χ1v) is 18.9. The van der Waals surface area contributed by atoms with Crippen molar-refractivity contribution in [3.8, 4) is 17.6 Å². The van der Waals surface area contributed by atoms with Gasteiger partial charge in [-0.2, -0.15) is 0 Å². The van der Waals surface area contributed by atoms with Gasteiger partial charge >= 0.3 is 24.1 Å². The van der Waals surface area contributed by atoms with Crippen LogP contribution in [0.15, 0.2) is 127 Å². The molecule has 5 N–H and O–H groups in total. The number of urea groups is 1. The van der Waals surface area contributed by atoms with E-state index in [4.69, 9.17) is 15.2 Å². The zero-order valence-corrected chi connectivity index (χ0v) is 31.9. The van der Waals surface area contributed by atoms with E-state index in [-0.39, 0.29) is 34.8 Å². The normalized spacial score (nSPS) is 22.6. The number of nitro benzene ring substituents is 1. The van der Waals surface area contributed by atoms with Crippen molar-refractivity contribution in [2.75, 3.05) is 11.4 Å². The van der Waals surface area contributed by atoms with Crippen molar-refractivity contribution in [2.45, 2.75) is 36.3 Å². The summed E-state index contributed by atoms with van der Waals surface area (Å²) in [4.78, 5) is 83.3. The summed E-state index contributed by atoms with van der Waals surface area (Å²) in [6, 6.07) is 28.7. The average Bonchev–Trinajstić information content (AvgIpc) is 3.71. The van der Waals surface area contributed by atoms with E-state index in [0.29, 0.717) is 22.3 Å². The van der Waals surface area contributed by atoms with Crippen molar-refractivity contribution in [1.82, 2.24) is 10.2 Å². The summed E-state index contributed by atoms with van der Waals surface area (Å²) in [6.45, 7) is -0.564. The number of ether oxygens (including phenoxy) is 2. The van der Waals surface area contributed by atoms with Gasteiger partial charge in [0.1, 0.15) is 35.8 Å². The van der Waals surface area contributed by atoms with Gasteiger partial charge in [-0.25, -0.2) is 14.5 Å². The number of benzene rings is 5. The molecule has 0 aromatic heterocycles. The molecule has 0 radical (unpaired) electrons. The molecule has 5 aromatic rings. The highest BCUT2D eigenvalue weighted by atomic mass is 16.6. The van der Waals surface area contributed by atoms with E-state index in [1.54, 1.807) is 53.4 Å². The van der Waals surface area contributed by atoms with Gasteiger partial charge < -0.3 is 30.7 Å². The molecule has 61 heavy (non-hydrogen) atoms. The maximum atomic E-state index is 15.8. The van der Waals surface area contributed by atoms with Crippen molar-refractivity contribution in [3.63, 3.8) is 0 Å². The molecule has 1 spiro atoms. The Morgan fingerprint density at radius 1 is 0.869 bits per heavy atom. The van der Waals surface area contributed by atoms with Gasteiger partial charge in [0.2, 0.25) is 5.91 Å². The van der Waals surface area contributed by atoms with Crippen molar-refractivity contribution in [3.05, 3.63) is 171 Å². The number of fused-ring (bicyclic) bond motifs is 3. The number of phenols is 1. The molecular weight excluding hydrogens is 787 g/mol. The van der Waals surface area contributed by atoms with E-state index in [1.807, 2.05) is 12.1 Å². The Morgan fingerprint density at radius 3 is 2.15 bits per heavy atom. The lowest BCUT2D eigenvalue weighted by atomic mass is 9.65. The van der Waals surface area contributed by atoms with Crippen LogP contribution in [0, 0.1) is 27.9 Å². The van der Waals surface area contributed by atoms with Crippen LogP contribution in [0.2, 0.25) is 0 Å². The number of hydrogen-bond donors (Lipinski definition) is 4. The first kappa shape index (κ1) is 39.8. The molecule has 3 heterocycles. The Hall–Kier alpha value is -8.03. The van der Waals surface area contributed by atoms with E-state index < -0.39 is 77.1 Å². The highest BCUT2D eigenvalue weighted by Gasteiger charge is 2.76. The Balaban J connectivity index is 1.36. The second kappa shape index (κ2) is 16.0. The maximum Gasteiger partial charge on any atom is 0.421 e. The predicted molar refractivity (Wildman–Crippen MR) is 215 cm³/mol. The van der Waals surface area contributed by atoms with Gasteiger partial charge in [0.05, 0.1) is 29.2 Å². The molecule has 16 heteroatoms. The first-order chi connectivity index (χ1) is 29.4. The largest absolute Gasteiger partial charge is 0.508 e. The monoisotopic (exact) mass is 821 g/mol. The number of amides is 4. The van der Waals surface area contributed by atoms with Gasteiger partial charge in [0, 0.05) is 17.7 Å². The second-order valence-electron chi connectivity index (χ2n) is 14.6. The molecular formula is C45H35N5O11. The molecule has 0 unspecified atom stereocenters. The fourth-order valence-corrected chi connectivity index (χ4v) is 8.80. The number of esters is 1. The van der Waals surface area contributed by atoms with Gasteiger partial charge in [-0.05, 0) is 70.3 Å². The van der Waals surface area contributed by atoms with Crippen LogP contribution in [0.3, 0.4) is 0 Å². The molecule has 0 aliphatic carbocycles. The number of carboxylic acid groups (broad SMARTS) is 1. The predicted octanol–water partition coefficient (Wildman–Crippen LogP) is 5.41. The standard InChI is InChI=1S/C45H35N5O11/c46-43(56)47-23-7-8-26-15-22-34-33(24-26)45(42(55)48(34)44(57)60-25-27-13-18-31(19-14-27)50(58)59)35(40(52)53)37-41(54)61-38(29-11-5-2-6-12-29)36(28-9-3-1-4-10-28)49(37)39(45)30-16-20-32(51)21-17-30/h1-6,9-22,24,35-39,51H,23,25H2,(H,52,53)(H3,46,47,56)/t35-,36-,37-,38+,39+,45-/m1/s1. The van der Waals surface area contributed by atoms with E-state index in [1.165, 1.54) is 66.7 Å². The number of rotatable bonds is 8. The molecule has 5 aromatic carbocycles. The summed E-state index contributed by atoms with van der Waals surface area (Å²) in [5.74, 6) is 0.152. The minimum Gasteiger partial charge on any atom is -0.508 e. The van der Waals surface area contributed by atoms with Crippen molar-refractivity contribution >= 4 is 41.3 Å². The van der Waals surface area contributed by atoms with Crippen LogP contribution in [0.5, 0.6) is 5.75 Å². The average molecular weight is 822 g/mol. The number of aromatic hydroxyl groups is 1. The van der Waals surface area contributed by atoms with Gasteiger partial charge in [-0.1, -0.05) is 84.6 Å². The van der Waals surface area contributed by atoms with Crippen LogP contribution in [0.1, 0.15) is 51.6 Å². The first-order valence-electron chi connectivity index (χ1n) is 18.9. The van der Waals surface area contributed by atoms with Crippen LogP contribution in [-0.4, -0.2) is 62.6 Å². The summed E-state index contributed by atoms with van der Waals surface area (Å²) >= 11 is 0. The van der Waals surface area contributed by atoms with E-state index >= 15 is 4.79 Å². The molecule has 2 fully saturated rings. The highest BCUT2D eigenvalue weighted by Crippen LogP contribution is 2.66. The van der Waals surface area contributed by atoms with Crippen LogP contribution < -0.4 is 16.0 Å². The van der Waals surface area contributed by atoms with E-state index in [9.17, 15) is 39.5 Å². The third-order valence-corrected chi connectivity index (χ3v) is 11.2. The number of nitrogens with one attached hydrogen (secondary N) is 1. The number of hydrogen-bond acceptors (Lipinski definition) is 11. The molecule has 16 nitrogen and oxygen atoms in total. The molecule has 3 aliphatic rings. The number of nitrogens with two attached hydrogens (primary N) is 1. The number of carbonyl (C=O) groups excluding carboxylic acids is 4. The SMILES string of the molecule is NC(=O)NCC#Cc1ccc2c(c1)[C@]1(C(=O)N2C(=O)OCc2ccc([N+](=O)[O-])cc2)[C@H](c2ccc(O)cc2)N2[C@H](c3ccccc3)[C@H](c3ccccc3)OC(=O)[C@H]2[C@@H]1C(=O)O. The Labute approximate surface area is 347 Å². The second-order valence-corrected chi connectivity index (χ2v) is 14.6. The summed E-state index contributed by atoms with van der Waals surface area (Å²) in [7, 11) is 0. The smallest absolute Gasteiger partial charge is 0.421 e.